The predicted octanol–water partition coefficient (Wildman–Crippen LogP) is 2.24. The van der Waals surface area contributed by atoms with Crippen LogP contribution in [0.4, 0.5) is 0 Å². The molecule has 2 unspecified atom stereocenters. The number of hydrogen-bond donors (Lipinski definition) is 1. The highest BCUT2D eigenvalue weighted by atomic mass is 15.2. The van der Waals surface area contributed by atoms with Gasteiger partial charge in [0.1, 0.15) is 0 Å². The third-order valence-electron chi connectivity index (χ3n) is 5.40. The van der Waals surface area contributed by atoms with Gasteiger partial charge in [0.2, 0.25) is 0 Å². The second-order valence-corrected chi connectivity index (χ2v) is 7.16. The fourth-order valence-corrected chi connectivity index (χ4v) is 4.17. The van der Waals surface area contributed by atoms with Gasteiger partial charge in [-0.2, -0.15) is 0 Å². The Labute approximate surface area is 124 Å². The molecular weight excluding hydrogens is 246 g/mol. The molecule has 0 radical (unpaired) electrons. The number of nitrogens with one attached hydrogen (secondary N) is 1. The highest BCUT2D eigenvalue weighted by Gasteiger charge is 2.38. The quantitative estimate of drug-likeness (QED) is 0.795. The molecule has 0 aliphatic carbocycles. The van der Waals surface area contributed by atoms with Crippen molar-refractivity contribution in [1.29, 1.82) is 0 Å². The van der Waals surface area contributed by atoms with E-state index in [4.69, 9.17) is 0 Å². The van der Waals surface area contributed by atoms with E-state index in [-0.39, 0.29) is 0 Å². The lowest BCUT2D eigenvalue weighted by atomic mass is 10.0. The molecule has 3 heteroatoms. The van der Waals surface area contributed by atoms with Gasteiger partial charge in [-0.05, 0) is 65.6 Å². The van der Waals surface area contributed by atoms with E-state index in [0.717, 1.165) is 24.7 Å². The first kappa shape index (κ1) is 14.6. The van der Waals surface area contributed by atoms with Crippen LogP contribution in [0, 0.1) is 0 Å². The maximum atomic E-state index is 3.99. The van der Waals surface area contributed by atoms with E-state index in [1.54, 1.807) is 0 Å². The van der Waals surface area contributed by atoms with Gasteiger partial charge < -0.3 is 5.32 Å². The lowest BCUT2D eigenvalue weighted by Gasteiger charge is -2.34. The van der Waals surface area contributed by atoms with E-state index in [1.165, 1.54) is 63.9 Å². The average molecular weight is 277 g/mol. The fraction of sp³-hybridized carbons (Fsp3) is 0.882. The lowest BCUT2D eigenvalue weighted by Crippen LogP contribution is -2.49. The van der Waals surface area contributed by atoms with Crippen LogP contribution in [-0.2, 0) is 0 Å². The number of allylic oxidation sites excluding steroid dienone is 1. The van der Waals surface area contributed by atoms with Crippen molar-refractivity contribution in [2.24, 2.45) is 0 Å². The molecule has 1 N–H and O–H groups in total. The number of likely N-dealkylation sites (tertiary alicyclic amines) is 1. The molecular formula is C17H31N3. The van der Waals surface area contributed by atoms with E-state index in [0.29, 0.717) is 0 Å². The Hall–Kier alpha value is -0.380. The zero-order valence-corrected chi connectivity index (χ0v) is 13.3. The molecule has 0 aromatic carbocycles. The van der Waals surface area contributed by atoms with Gasteiger partial charge in [-0.25, -0.2) is 0 Å². The fourth-order valence-electron chi connectivity index (χ4n) is 4.17. The van der Waals surface area contributed by atoms with Crippen molar-refractivity contribution in [2.45, 2.75) is 64.1 Å². The molecule has 3 nitrogen and oxygen atoms in total. The van der Waals surface area contributed by atoms with E-state index < -0.39 is 0 Å². The van der Waals surface area contributed by atoms with Gasteiger partial charge in [-0.1, -0.05) is 11.6 Å². The molecule has 3 fully saturated rings. The van der Waals surface area contributed by atoms with Gasteiger partial charge in [0.05, 0.1) is 0 Å². The van der Waals surface area contributed by atoms with E-state index >= 15 is 0 Å². The number of nitrogens with zero attached hydrogens (tertiary/aromatic N) is 2. The van der Waals surface area contributed by atoms with Crippen molar-refractivity contribution >= 4 is 0 Å². The molecule has 20 heavy (non-hydrogen) atoms. The van der Waals surface area contributed by atoms with Crippen molar-refractivity contribution in [2.75, 3.05) is 32.7 Å². The van der Waals surface area contributed by atoms with Crippen LogP contribution < -0.4 is 5.32 Å². The van der Waals surface area contributed by atoms with Crippen molar-refractivity contribution in [3.8, 4) is 0 Å². The van der Waals surface area contributed by atoms with E-state index in [2.05, 4.69) is 35.0 Å². The van der Waals surface area contributed by atoms with Crippen molar-refractivity contribution in [3.63, 3.8) is 0 Å². The van der Waals surface area contributed by atoms with Crippen LogP contribution in [-0.4, -0.2) is 60.6 Å². The minimum Gasteiger partial charge on any atom is -0.310 e. The smallest absolute Gasteiger partial charge is 0.0250 e. The second kappa shape index (κ2) is 6.59. The first-order chi connectivity index (χ1) is 9.72. The Bertz CT molecular complexity index is 340. The molecule has 3 aliphatic heterocycles. The largest absolute Gasteiger partial charge is 0.310 e. The zero-order valence-electron chi connectivity index (χ0n) is 13.3. The summed E-state index contributed by atoms with van der Waals surface area (Å²) in [6.45, 7) is 10.8. The van der Waals surface area contributed by atoms with Crippen molar-refractivity contribution < 1.29 is 0 Å². The molecule has 2 atom stereocenters. The Morgan fingerprint density at radius 2 is 1.85 bits per heavy atom. The Kier molecular flexibility index (Phi) is 4.79. The van der Waals surface area contributed by atoms with Gasteiger partial charge in [0.25, 0.3) is 0 Å². The van der Waals surface area contributed by atoms with Crippen LogP contribution in [0.5, 0.6) is 0 Å². The molecule has 3 heterocycles. The highest BCUT2D eigenvalue weighted by molar-refractivity contribution is 4.98. The van der Waals surface area contributed by atoms with Crippen LogP contribution in [0.3, 0.4) is 0 Å². The van der Waals surface area contributed by atoms with E-state index in [9.17, 15) is 0 Å². The summed E-state index contributed by atoms with van der Waals surface area (Å²) < 4.78 is 0. The summed E-state index contributed by atoms with van der Waals surface area (Å²) in [5, 5.41) is 3.99. The molecule has 0 spiro atoms. The summed E-state index contributed by atoms with van der Waals surface area (Å²) in [7, 11) is 0. The summed E-state index contributed by atoms with van der Waals surface area (Å²) in [6, 6.07) is 2.41. The molecule has 114 valence electrons. The van der Waals surface area contributed by atoms with Gasteiger partial charge in [0.15, 0.2) is 0 Å². The minimum absolute atomic E-state index is 0.767. The lowest BCUT2D eigenvalue weighted by molar-refractivity contribution is 0.198. The third-order valence-corrected chi connectivity index (χ3v) is 5.40. The maximum Gasteiger partial charge on any atom is 0.0250 e. The summed E-state index contributed by atoms with van der Waals surface area (Å²) in [5.74, 6) is 0. The average Bonchev–Trinajstić information content (AvgIpc) is 3.03. The zero-order chi connectivity index (χ0) is 13.9. The molecule has 0 aromatic heterocycles. The van der Waals surface area contributed by atoms with Crippen LogP contribution in [0.25, 0.3) is 0 Å². The molecule has 0 bridgehead atoms. The summed E-state index contributed by atoms with van der Waals surface area (Å²) in [4.78, 5) is 5.31. The standard InChI is InChI=1S/C17H31N3/c1-14(2)5-10-19-11-6-15(7-12-19)18-16-8-13-20-9-3-4-17(16)20/h5,15-18H,3-4,6-13H2,1-2H3. The van der Waals surface area contributed by atoms with Crippen LogP contribution in [0.1, 0.15) is 46.0 Å². The first-order valence-electron chi connectivity index (χ1n) is 8.58. The molecule has 0 saturated carbocycles. The number of hydrogen-bond acceptors (Lipinski definition) is 3. The highest BCUT2D eigenvalue weighted by Crippen LogP contribution is 2.28. The van der Waals surface area contributed by atoms with Crippen LogP contribution >= 0.6 is 0 Å². The molecule has 3 rings (SSSR count). The maximum absolute atomic E-state index is 3.99. The predicted molar refractivity (Wildman–Crippen MR) is 85.0 cm³/mol. The molecule has 3 aliphatic rings. The molecule has 0 amide bonds. The number of fused-ring (bicyclic) bond motifs is 1. The Morgan fingerprint density at radius 3 is 2.60 bits per heavy atom. The Morgan fingerprint density at radius 1 is 1.05 bits per heavy atom. The van der Waals surface area contributed by atoms with Crippen LogP contribution in [0.15, 0.2) is 11.6 Å². The van der Waals surface area contributed by atoms with Gasteiger partial charge in [0, 0.05) is 31.2 Å². The summed E-state index contributed by atoms with van der Waals surface area (Å²) >= 11 is 0. The molecule has 3 saturated heterocycles. The summed E-state index contributed by atoms with van der Waals surface area (Å²) in [6.07, 6.45) is 9.25. The normalized spacial score (nSPS) is 32.5. The van der Waals surface area contributed by atoms with E-state index in [1.807, 2.05) is 0 Å². The number of rotatable bonds is 4. The summed E-state index contributed by atoms with van der Waals surface area (Å²) in [5.41, 5.74) is 1.44. The van der Waals surface area contributed by atoms with Crippen molar-refractivity contribution in [1.82, 2.24) is 15.1 Å². The van der Waals surface area contributed by atoms with Gasteiger partial charge >= 0.3 is 0 Å². The number of piperidine rings is 1. The van der Waals surface area contributed by atoms with Crippen LogP contribution in [0.2, 0.25) is 0 Å². The van der Waals surface area contributed by atoms with Crippen molar-refractivity contribution in [3.05, 3.63) is 11.6 Å². The Balaban J connectivity index is 1.41. The second-order valence-electron chi connectivity index (χ2n) is 7.16. The van der Waals surface area contributed by atoms with Gasteiger partial charge in [-0.3, -0.25) is 9.80 Å². The third kappa shape index (κ3) is 3.44. The monoisotopic (exact) mass is 277 g/mol. The molecule has 0 aromatic rings. The van der Waals surface area contributed by atoms with Gasteiger partial charge in [-0.15, -0.1) is 0 Å². The first-order valence-corrected chi connectivity index (χ1v) is 8.58. The minimum atomic E-state index is 0.767. The topological polar surface area (TPSA) is 18.5 Å². The SMILES string of the molecule is CC(C)=CCN1CCC(NC2CCN3CCCC23)CC1.